The van der Waals surface area contributed by atoms with Gasteiger partial charge in [-0.15, -0.1) is 0 Å². The van der Waals surface area contributed by atoms with E-state index in [2.05, 4.69) is 74.6 Å². The lowest BCUT2D eigenvalue weighted by Crippen LogP contribution is -2.50. The van der Waals surface area contributed by atoms with Gasteiger partial charge in [0.2, 0.25) is 0 Å². The molecular formula is C44H74NO7+. The number of likely N-dealkylation sites (N-methyl/N-ethyl adjacent to an activating group) is 1. The van der Waals surface area contributed by atoms with Gasteiger partial charge in [0.1, 0.15) is 6.61 Å². The maximum absolute atomic E-state index is 12.5. The van der Waals surface area contributed by atoms with Gasteiger partial charge in [-0.2, -0.15) is 0 Å². The highest BCUT2D eigenvalue weighted by Crippen LogP contribution is 2.11. The zero-order valence-corrected chi connectivity index (χ0v) is 33.5. The summed E-state index contributed by atoms with van der Waals surface area (Å²) in [7, 11) is 5.48. The molecule has 0 aliphatic carbocycles. The van der Waals surface area contributed by atoms with Crippen LogP contribution in [0, 0.1) is 0 Å². The average Bonchev–Trinajstić information content (AvgIpc) is 3.09. The molecule has 0 aromatic carbocycles. The van der Waals surface area contributed by atoms with E-state index in [-0.39, 0.29) is 42.7 Å². The Morgan fingerprint density at radius 1 is 0.596 bits per heavy atom. The molecule has 0 bridgehead atoms. The second-order valence-corrected chi connectivity index (χ2v) is 14.1. The van der Waals surface area contributed by atoms with Gasteiger partial charge in [0.25, 0.3) is 0 Å². The lowest BCUT2D eigenvalue weighted by Gasteiger charge is -2.31. The maximum atomic E-state index is 12.5. The van der Waals surface area contributed by atoms with Gasteiger partial charge in [0.15, 0.2) is 12.1 Å². The minimum atomic E-state index is -0.891. The number of nitrogens with zero attached hydrogens (tertiary/aromatic N) is 1. The Labute approximate surface area is 317 Å². The van der Waals surface area contributed by atoms with Gasteiger partial charge in [0.05, 0.1) is 34.4 Å². The van der Waals surface area contributed by atoms with E-state index in [1.165, 1.54) is 25.7 Å². The quantitative estimate of drug-likeness (QED) is 0.0305. The first-order valence-electron chi connectivity index (χ1n) is 20.0. The number of ether oxygens (including phenoxy) is 3. The number of rotatable bonds is 34. The summed E-state index contributed by atoms with van der Waals surface area (Å²) in [5, 5.41) is 9.56. The number of hydrogen-bond donors (Lipinski definition) is 1. The van der Waals surface area contributed by atoms with Crippen molar-refractivity contribution in [1.82, 2.24) is 0 Å². The van der Waals surface area contributed by atoms with Gasteiger partial charge in [-0.25, -0.2) is 4.79 Å². The van der Waals surface area contributed by atoms with Gasteiger partial charge in [-0.1, -0.05) is 119 Å². The van der Waals surface area contributed by atoms with E-state index in [9.17, 15) is 19.5 Å². The summed E-state index contributed by atoms with van der Waals surface area (Å²) >= 11 is 0. The lowest BCUT2D eigenvalue weighted by atomic mass is 10.1. The first kappa shape index (κ1) is 48.8. The first-order chi connectivity index (χ1) is 25.1. The number of carboxylic acid groups (broad SMARTS) is 1. The van der Waals surface area contributed by atoms with Crippen LogP contribution in [0.2, 0.25) is 0 Å². The molecular weight excluding hydrogens is 654 g/mol. The van der Waals surface area contributed by atoms with Gasteiger partial charge in [-0.05, 0) is 70.6 Å². The maximum Gasteiger partial charge on any atom is 0.362 e. The number of quaternary nitrogens is 1. The van der Waals surface area contributed by atoms with Gasteiger partial charge in [0, 0.05) is 19.3 Å². The van der Waals surface area contributed by atoms with Gasteiger partial charge < -0.3 is 23.8 Å². The Bertz CT molecular complexity index is 1080. The van der Waals surface area contributed by atoms with E-state index in [1.54, 1.807) is 0 Å². The second-order valence-electron chi connectivity index (χ2n) is 14.1. The highest BCUT2D eigenvalue weighted by Gasteiger charge is 2.31. The smallest absolute Gasteiger partial charge is 0.362 e. The Morgan fingerprint density at radius 3 is 1.67 bits per heavy atom. The standard InChI is InChI=1S/C44H73NO7/c1-6-8-10-12-14-15-16-17-18-19-20-21-22-23-24-25-26-27-29-30-32-34-42(46)51-39-40(38-50-37-36-41(44(48)49)45(3,4)5)52-43(47)35-33-31-28-13-11-9-7-2/h9,11,14-15,17-18,20-21,23-24,28,31,40-41H,6-8,10,12-13,16,19,22,25-27,29-30,32-39H2,1-5H3/p+1/b11-9+,15-14+,18-17+,21-20+,24-23+,31-28+. The molecule has 0 radical (unpaired) electrons. The van der Waals surface area contributed by atoms with Crippen LogP contribution in [-0.4, -0.2) is 80.6 Å². The van der Waals surface area contributed by atoms with Crippen LogP contribution in [0.1, 0.15) is 136 Å². The fourth-order valence-corrected chi connectivity index (χ4v) is 5.25. The zero-order chi connectivity index (χ0) is 38.5. The summed E-state index contributed by atoms with van der Waals surface area (Å²) in [6.45, 7) is 4.44. The molecule has 0 spiro atoms. The van der Waals surface area contributed by atoms with Crippen molar-refractivity contribution in [3.05, 3.63) is 72.9 Å². The van der Waals surface area contributed by atoms with Crippen molar-refractivity contribution in [1.29, 1.82) is 0 Å². The van der Waals surface area contributed by atoms with Crippen LogP contribution < -0.4 is 0 Å². The van der Waals surface area contributed by atoms with Gasteiger partial charge in [-0.3, -0.25) is 9.59 Å². The highest BCUT2D eigenvalue weighted by atomic mass is 16.6. The molecule has 0 amide bonds. The van der Waals surface area contributed by atoms with Crippen molar-refractivity contribution in [3.63, 3.8) is 0 Å². The molecule has 0 aliphatic heterocycles. The number of carbonyl (C=O) groups excluding carboxylic acids is 2. The van der Waals surface area contributed by atoms with Crippen LogP contribution in [-0.2, 0) is 28.6 Å². The highest BCUT2D eigenvalue weighted by molar-refractivity contribution is 5.72. The second kappa shape index (κ2) is 34.8. The molecule has 0 aromatic heterocycles. The molecule has 296 valence electrons. The fourth-order valence-electron chi connectivity index (χ4n) is 5.25. The SMILES string of the molecule is CC/C=C/C/C=C/CCC(=O)OC(COCCC(C(=O)O)[N+](C)(C)C)COC(=O)CCCCCCC/C=C/C/C=C/C/C=C/C/C=C/CCCCC. The fraction of sp³-hybridized carbons (Fsp3) is 0.659. The molecule has 0 aromatic rings. The third-order valence-corrected chi connectivity index (χ3v) is 8.35. The molecule has 0 fully saturated rings. The number of aliphatic carboxylic acids is 1. The molecule has 0 aliphatic rings. The van der Waals surface area contributed by atoms with Crippen LogP contribution in [0.5, 0.6) is 0 Å². The summed E-state index contributed by atoms with van der Waals surface area (Å²) in [6.07, 6.45) is 42.7. The molecule has 2 unspecified atom stereocenters. The molecule has 8 nitrogen and oxygen atoms in total. The number of allylic oxidation sites excluding steroid dienone is 12. The largest absolute Gasteiger partial charge is 0.477 e. The molecule has 52 heavy (non-hydrogen) atoms. The minimum absolute atomic E-state index is 0.0274. The zero-order valence-electron chi connectivity index (χ0n) is 33.5. The number of carbonyl (C=O) groups is 3. The van der Waals surface area contributed by atoms with Crippen LogP contribution >= 0.6 is 0 Å². The van der Waals surface area contributed by atoms with Crippen molar-refractivity contribution < 1.29 is 38.2 Å². The first-order valence-corrected chi connectivity index (χ1v) is 20.0. The predicted octanol–water partition coefficient (Wildman–Crippen LogP) is 10.4. The number of esters is 2. The molecule has 8 heteroatoms. The Hall–Kier alpha value is -3.23. The molecule has 1 N–H and O–H groups in total. The predicted molar refractivity (Wildman–Crippen MR) is 215 cm³/mol. The molecule has 2 atom stereocenters. The van der Waals surface area contributed by atoms with Crippen LogP contribution in [0.3, 0.4) is 0 Å². The summed E-state index contributed by atoms with van der Waals surface area (Å²) < 4.78 is 17.0. The van der Waals surface area contributed by atoms with E-state index in [4.69, 9.17) is 14.2 Å². The Kier molecular flexibility index (Phi) is 32.7. The topological polar surface area (TPSA) is 99.1 Å². The molecule has 0 saturated heterocycles. The Balaban J connectivity index is 4.31. The van der Waals surface area contributed by atoms with E-state index in [0.29, 0.717) is 19.3 Å². The third-order valence-electron chi connectivity index (χ3n) is 8.35. The summed E-state index contributed by atoms with van der Waals surface area (Å²) in [4.78, 5) is 36.6. The van der Waals surface area contributed by atoms with Crippen molar-refractivity contribution >= 4 is 17.9 Å². The summed E-state index contributed by atoms with van der Waals surface area (Å²) in [5.74, 6) is -1.60. The number of hydrogen-bond acceptors (Lipinski definition) is 6. The van der Waals surface area contributed by atoms with Gasteiger partial charge >= 0.3 is 17.9 Å². The minimum Gasteiger partial charge on any atom is -0.477 e. The monoisotopic (exact) mass is 729 g/mol. The van der Waals surface area contributed by atoms with E-state index in [0.717, 1.165) is 70.6 Å². The van der Waals surface area contributed by atoms with Crippen molar-refractivity contribution in [2.45, 2.75) is 148 Å². The van der Waals surface area contributed by atoms with Crippen LogP contribution in [0.4, 0.5) is 0 Å². The van der Waals surface area contributed by atoms with E-state index < -0.39 is 18.1 Å². The van der Waals surface area contributed by atoms with Crippen molar-refractivity contribution in [3.8, 4) is 0 Å². The average molecular weight is 729 g/mol. The van der Waals surface area contributed by atoms with E-state index >= 15 is 0 Å². The van der Waals surface area contributed by atoms with E-state index in [1.807, 2.05) is 33.3 Å². The molecule has 0 saturated carbocycles. The molecule has 0 rings (SSSR count). The van der Waals surface area contributed by atoms with Crippen LogP contribution in [0.15, 0.2) is 72.9 Å². The normalized spacial score (nSPS) is 13.8. The third kappa shape index (κ3) is 32.7. The molecule has 0 heterocycles. The summed E-state index contributed by atoms with van der Waals surface area (Å²) in [6, 6.07) is -0.628. The number of unbranched alkanes of at least 4 members (excludes halogenated alkanes) is 8. The number of carboxylic acids is 1. The summed E-state index contributed by atoms with van der Waals surface area (Å²) in [5.41, 5.74) is 0. The lowest BCUT2D eigenvalue weighted by molar-refractivity contribution is -0.887. The Morgan fingerprint density at radius 2 is 1.12 bits per heavy atom. The van der Waals surface area contributed by atoms with Crippen molar-refractivity contribution in [2.24, 2.45) is 0 Å². The van der Waals surface area contributed by atoms with Crippen LogP contribution in [0.25, 0.3) is 0 Å². The van der Waals surface area contributed by atoms with Crippen molar-refractivity contribution in [2.75, 3.05) is 41.0 Å².